The predicted octanol–water partition coefficient (Wildman–Crippen LogP) is 5.57. The van der Waals surface area contributed by atoms with Gasteiger partial charge in [-0.15, -0.1) is 0 Å². The van der Waals surface area contributed by atoms with Crippen LogP contribution in [0.25, 0.3) is 0 Å². The molecule has 0 saturated heterocycles. The van der Waals surface area contributed by atoms with Crippen molar-refractivity contribution in [3.05, 3.63) is 11.9 Å². The van der Waals surface area contributed by atoms with Crippen molar-refractivity contribution in [2.24, 2.45) is 0 Å². The summed E-state index contributed by atoms with van der Waals surface area (Å²) in [4.78, 5) is 0. The fourth-order valence-corrected chi connectivity index (χ4v) is 3.89. The van der Waals surface area contributed by atoms with E-state index in [1.807, 2.05) is 19.9 Å². The zero-order chi connectivity index (χ0) is 16.6. The lowest BCUT2D eigenvalue weighted by Crippen LogP contribution is -2.40. The van der Waals surface area contributed by atoms with E-state index in [1.54, 1.807) is 5.82 Å². The van der Waals surface area contributed by atoms with Crippen molar-refractivity contribution in [1.29, 1.82) is 0 Å². The Morgan fingerprint density at radius 2 is 1.62 bits per heavy atom. The van der Waals surface area contributed by atoms with E-state index in [-0.39, 0.29) is 5.04 Å². The maximum atomic E-state index is 12.2. The molecule has 0 aromatic heterocycles. The molecular weight excluding hydrogens is 303 g/mol. The average Bonchev–Trinajstić information content (AvgIpc) is 2.32. The van der Waals surface area contributed by atoms with E-state index in [9.17, 15) is 4.57 Å². The SMILES string of the molecule is CCOP(=O)(C=CCCCO[Si](C)(C)C(C)(C)C)OCC. The van der Waals surface area contributed by atoms with Gasteiger partial charge in [0, 0.05) is 12.4 Å². The molecule has 4 nitrogen and oxygen atoms in total. The Labute approximate surface area is 131 Å². The largest absolute Gasteiger partial charge is 0.417 e. The molecule has 0 amide bonds. The highest BCUT2D eigenvalue weighted by atomic mass is 31.2. The molecule has 0 aromatic rings. The highest BCUT2D eigenvalue weighted by molar-refractivity contribution is 7.57. The highest BCUT2D eigenvalue weighted by Gasteiger charge is 2.36. The van der Waals surface area contributed by atoms with E-state index in [4.69, 9.17) is 13.5 Å². The Morgan fingerprint density at radius 1 is 1.10 bits per heavy atom. The van der Waals surface area contributed by atoms with E-state index in [0.717, 1.165) is 19.4 Å². The summed E-state index contributed by atoms with van der Waals surface area (Å²) in [6.07, 6.45) is 3.61. The highest BCUT2D eigenvalue weighted by Crippen LogP contribution is 2.49. The fourth-order valence-electron chi connectivity index (χ4n) is 1.43. The predicted molar refractivity (Wildman–Crippen MR) is 92.4 cm³/mol. The minimum atomic E-state index is -3.04. The number of allylic oxidation sites excluding steroid dienone is 1. The second kappa shape index (κ2) is 9.26. The molecule has 0 aliphatic rings. The third-order valence-electron chi connectivity index (χ3n) is 3.69. The van der Waals surface area contributed by atoms with Crippen molar-refractivity contribution in [2.75, 3.05) is 19.8 Å². The second-order valence-electron chi connectivity index (χ2n) is 6.51. The molecule has 0 aliphatic carbocycles. The molecule has 0 fully saturated rings. The van der Waals surface area contributed by atoms with Gasteiger partial charge in [-0.1, -0.05) is 26.8 Å². The summed E-state index contributed by atoms with van der Waals surface area (Å²) in [6, 6.07) is 0. The minimum absolute atomic E-state index is 0.239. The average molecular weight is 336 g/mol. The van der Waals surface area contributed by atoms with Gasteiger partial charge in [0.2, 0.25) is 0 Å². The van der Waals surface area contributed by atoms with Crippen molar-refractivity contribution in [2.45, 2.75) is 65.6 Å². The molecule has 126 valence electrons. The Morgan fingerprint density at radius 3 is 2.05 bits per heavy atom. The number of hydrogen-bond donors (Lipinski definition) is 0. The number of rotatable bonds is 10. The first-order valence-corrected chi connectivity index (χ1v) is 12.3. The molecular formula is C15H33O4PSi. The van der Waals surface area contributed by atoms with Gasteiger partial charge in [0.25, 0.3) is 0 Å². The van der Waals surface area contributed by atoms with Gasteiger partial charge in [0.05, 0.1) is 13.2 Å². The minimum Gasteiger partial charge on any atom is -0.417 e. The third kappa shape index (κ3) is 8.31. The van der Waals surface area contributed by atoms with Crippen LogP contribution in [0.15, 0.2) is 11.9 Å². The van der Waals surface area contributed by atoms with E-state index < -0.39 is 15.9 Å². The summed E-state index contributed by atoms with van der Waals surface area (Å²) in [5.41, 5.74) is 0. The first-order chi connectivity index (χ1) is 9.58. The van der Waals surface area contributed by atoms with Crippen LogP contribution in [0.2, 0.25) is 18.1 Å². The molecule has 0 saturated carbocycles. The third-order valence-corrected chi connectivity index (χ3v) is 10.0. The van der Waals surface area contributed by atoms with Crippen molar-refractivity contribution in [1.82, 2.24) is 0 Å². The molecule has 21 heavy (non-hydrogen) atoms. The molecule has 0 bridgehead atoms. The maximum absolute atomic E-state index is 12.2. The summed E-state index contributed by atoms with van der Waals surface area (Å²) < 4.78 is 28.7. The molecule has 6 heteroatoms. The van der Waals surface area contributed by atoms with Gasteiger partial charge in [-0.2, -0.15) is 0 Å². The molecule has 0 heterocycles. The zero-order valence-corrected chi connectivity index (χ0v) is 16.7. The van der Waals surface area contributed by atoms with E-state index in [0.29, 0.717) is 13.2 Å². The van der Waals surface area contributed by atoms with Gasteiger partial charge >= 0.3 is 7.60 Å². The smallest absolute Gasteiger partial charge is 0.353 e. The van der Waals surface area contributed by atoms with Gasteiger partial charge in [-0.05, 0) is 44.8 Å². The van der Waals surface area contributed by atoms with Crippen LogP contribution in [0.3, 0.4) is 0 Å². The van der Waals surface area contributed by atoms with Gasteiger partial charge in [-0.25, -0.2) is 0 Å². The Bertz CT molecular complexity index is 351. The summed E-state index contributed by atoms with van der Waals surface area (Å²) in [6.45, 7) is 16.3. The van der Waals surface area contributed by atoms with Crippen LogP contribution in [0.1, 0.15) is 47.5 Å². The summed E-state index contributed by atoms with van der Waals surface area (Å²) in [5, 5.41) is 0.239. The Balaban J connectivity index is 4.15. The van der Waals surface area contributed by atoms with Gasteiger partial charge in [-0.3, -0.25) is 4.57 Å². The van der Waals surface area contributed by atoms with Crippen LogP contribution in [-0.4, -0.2) is 28.1 Å². The lowest BCUT2D eigenvalue weighted by molar-refractivity contribution is 0.228. The monoisotopic (exact) mass is 336 g/mol. The molecule has 0 aromatic carbocycles. The van der Waals surface area contributed by atoms with Gasteiger partial charge < -0.3 is 13.5 Å². The molecule has 0 spiro atoms. The molecule has 0 unspecified atom stereocenters. The number of unbranched alkanes of at least 4 members (excludes halogenated alkanes) is 1. The van der Waals surface area contributed by atoms with Crippen molar-refractivity contribution in [3.8, 4) is 0 Å². The summed E-state index contributed by atoms with van der Waals surface area (Å²) >= 11 is 0. The zero-order valence-electron chi connectivity index (χ0n) is 14.8. The first-order valence-electron chi connectivity index (χ1n) is 7.78. The van der Waals surface area contributed by atoms with Gasteiger partial charge in [0.15, 0.2) is 8.32 Å². The van der Waals surface area contributed by atoms with Crippen LogP contribution in [-0.2, 0) is 18.0 Å². The lowest BCUT2D eigenvalue weighted by atomic mass is 10.2. The Kier molecular flexibility index (Phi) is 9.29. The van der Waals surface area contributed by atoms with Crippen LogP contribution in [0, 0.1) is 0 Å². The van der Waals surface area contributed by atoms with Crippen molar-refractivity contribution >= 4 is 15.9 Å². The molecule has 0 rings (SSSR count). The standard InChI is InChI=1S/C15H33O4PSi/c1-8-17-20(16,18-9-2)14-12-10-11-13-19-21(6,7)15(3,4)5/h12,14H,8-11,13H2,1-7H3. The summed E-state index contributed by atoms with van der Waals surface area (Å²) in [7, 11) is -4.70. The first kappa shape index (κ1) is 21.1. The fraction of sp³-hybridized carbons (Fsp3) is 0.867. The van der Waals surface area contributed by atoms with Crippen molar-refractivity contribution in [3.63, 3.8) is 0 Å². The second-order valence-corrected chi connectivity index (χ2v) is 13.2. The normalized spacial score (nSPS) is 14.0. The number of hydrogen-bond acceptors (Lipinski definition) is 4. The Hall–Kier alpha value is 0.0669. The molecule has 0 aliphatic heterocycles. The van der Waals surface area contributed by atoms with Gasteiger partial charge in [0.1, 0.15) is 0 Å². The molecule has 0 atom stereocenters. The molecule has 0 N–H and O–H groups in total. The molecule has 0 radical (unpaired) electrons. The quantitative estimate of drug-likeness (QED) is 0.297. The van der Waals surface area contributed by atoms with E-state index in [2.05, 4.69) is 33.9 Å². The van der Waals surface area contributed by atoms with Crippen molar-refractivity contribution < 1.29 is 18.0 Å². The lowest BCUT2D eigenvalue weighted by Gasteiger charge is -2.36. The van der Waals surface area contributed by atoms with Crippen LogP contribution in [0.5, 0.6) is 0 Å². The van der Waals surface area contributed by atoms with Crippen LogP contribution < -0.4 is 0 Å². The van der Waals surface area contributed by atoms with E-state index >= 15 is 0 Å². The van der Waals surface area contributed by atoms with Crippen LogP contribution >= 0.6 is 7.60 Å². The topological polar surface area (TPSA) is 44.8 Å². The van der Waals surface area contributed by atoms with E-state index in [1.165, 1.54) is 0 Å². The van der Waals surface area contributed by atoms with Crippen LogP contribution in [0.4, 0.5) is 0 Å². The summed E-state index contributed by atoms with van der Waals surface area (Å²) in [5.74, 6) is 1.58. The maximum Gasteiger partial charge on any atom is 0.353 e.